The minimum Gasteiger partial charge on any atom is -0.381 e. The first-order valence-corrected chi connectivity index (χ1v) is 4.12. The Kier molecular flexibility index (Phi) is 8.25. The average molecular weight is 146 g/mol. The number of rotatable bonds is 6. The molecule has 1 unspecified atom stereocenters. The first kappa shape index (κ1) is 9.13. The summed E-state index contributed by atoms with van der Waals surface area (Å²) in [4.78, 5) is 0. The molecule has 54 valence electrons. The van der Waals surface area contributed by atoms with Crippen molar-refractivity contribution < 1.29 is 4.74 Å². The van der Waals surface area contributed by atoms with E-state index in [-0.39, 0.29) is 0 Å². The summed E-state index contributed by atoms with van der Waals surface area (Å²) in [6.45, 7) is 5.36. The van der Waals surface area contributed by atoms with Crippen LogP contribution in [0.3, 0.4) is 0 Å². The van der Waals surface area contributed by atoms with E-state index in [1.165, 1.54) is 0 Å². The fraction of sp³-hybridized carbons (Fsp3) is 0.714. The summed E-state index contributed by atoms with van der Waals surface area (Å²) in [5, 5.41) is 0. The van der Waals surface area contributed by atoms with E-state index >= 15 is 0 Å². The maximum absolute atomic E-state index is 5.22. The van der Waals surface area contributed by atoms with Gasteiger partial charge in [-0.15, -0.1) is 15.8 Å². The molecule has 0 aromatic rings. The standard InChI is InChI=1S/C7H15OP/c1-2-3-4-5-8-6-7-9/h2H,1,3-7,9H2. The predicted octanol–water partition coefficient (Wildman–Crippen LogP) is 1.84. The molecule has 0 radical (unpaired) electrons. The molecule has 1 nitrogen and oxygen atoms in total. The predicted molar refractivity (Wildman–Crippen MR) is 44.8 cm³/mol. The Morgan fingerprint density at radius 1 is 1.44 bits per heavy atom. The number of hydrogen-bond donors (Lipinski definition) is 0. The number of allylic oxidation sites excluding steroid dienone is 1. The van der Waals surface area contributed by atoms with E-state index in [1.807, 2.05) is 6.08 Å². The van der Waals surface area contributed by atoms with Crippen LogP contribution in [-0.2, 0) is 4.74 Å². The number of hydrogen-bond acceptors (Lipinski definition) is 1. The van der Waals surface area contributed by atoms with E-state index in [0.29, 0.717) is 0 Å². The van der Waals surface area contributed by atoms with Crippen LogP contribution in [0.2, 0.25) is 0 Å². The van der Waals surface area contributed by atoms with E-state index < -0.39 is 0 Å². The van der Waals surface area contributed by atoms with Gasteiger partial charge in [-0.25, -0.2) is 0 Å². The molecule has 0 saturated heterocycles. The highest BCUT2D eigenvalue weighted by Crippen LogP contribution is 1.90. The molecule has 0 aliphatic heterocycles. The molecule has 0 saturated carbocycles. The zero-order chi connectivity index (χ0) is 6.95. The van der Waals surface area contributed by atoms with E-state index in [4.69, 9.17) is 4.74 Å². The molecule has 0 aromatic heterocycles. The number of unbranched alkanes of at least 4 members (excludes halogenated alkanes) is 1. The molecule has 2 heteroatoms. The second-order valence-corrected chi connectivity index (χ2v) is 2.41. The quantitative estimate of drug-likeness (QED) is 0.315. The lowest BCUT2D eigenvalue weighted by molar-refractivity contribution is 0.148. The van der Waals surface area contributed by atoms with Crippen molar-refractivity contribution in [2.45, 2.75) is 12.8 Å². The van der Waals surface area contributed by atoms with Gasteiger partial charge >= 0.3 is 0 Å². The van der Waals surface area contributed by atoms with Crippen LogP contribution >= 0.6 is 9.24 Å². The summed E-state index contributed by atoms with van der Waals surface area (Å²) in [6.07, 6.45) is 5.13. The minimum atomic E-state index is 0.863. The van der Waals surface area contributed by atoms with Crippen molar-refractivity contribution in [2.75, 3.05) is 19.4 Å². The van der Waals surface area contributed by atoms with Gasteiger partial charge in [0.2, 0.25) is 0 Å². The summed E-state index contributed by atoms with van der Waals surface area (Å²) < 4.78 is 5.22. The molecular weight excluding hydrogens is 131 g/mol. The van der Waals surface area contributed by atoms with Crippen molar-refractivity contribution in [1.29, 1.82) is 0 Å². The Morgan fingerprint density at radius 3 is 2.78 bits per heavy atom. The average Bonchev–Trinajstić information content (AvgIpc) is 1.89. The summed E-state index contributed by atoms with van der Waals surface area (Å²) in [5.41, 5.74) is 0. The first-order valence-electron chi connectivity index (χ1n) is 3.30. The molecule has 0 N–H and O–H groups in total. The van der Waals surface area contributed by atoms with Crippen LogP contribution in [0, 0.1) is 0 Å². The molecule has 0 aromatic carbocycles. The number of ether oxygens (including phenoxy) is 1. The highest BCUT2D eigenvalue weighted by Gasteiger charge is 1.83. The van der Waals surface area contributed by atoms with Crippen molar-refractivity contribution in [3.63, 3.8) is 0 Å². The van der Waals surface area contributed by atoms with Gasteiger partial charge in [-0.1, -0.05) is 6.08 Å². The highest BCUT2D eigenvalue weighted by atomic mass is 31.0. The Bertz CT molecular complexity index is 63.9. The largest absolute Gasteiger partial charge is 0.381 e. The monoisotopic (exact) mass is 146 g/mol. The van der Waals surface area contributed by atoms with Gasteiger partial charge in [0, 0.05) is 6.61 Å². The third kappa shape index (κ3) is 8.13. The van der Waals surface area contributed by atoms with Gasteiger partial charge in [0.05, 0.1) is 6.61 Å². The molecule has 0 heterocycles. The maximum atomic E-state index is 5.22. The zero-order valence-corrected chi connectivity index (χ0v) is 6.96. The second-order valence-electron chi connectivity index (χ2n) is 1.83. The fourth-order valence-electron chi connectivity index (χ4n) is 0.515. The van der Waals surface area contributed by atoms with Crippen molar-refractivity contribution in [1.82, 2.24) is 0 Å². The third-order valence-corrected chi connectivity index (χ3v) is 1.19. The molecule has 0 spiro atoms. The van der Waals surface area contributed by atoms with Gasteiger partial charge in [-0.3, -0.25) is 0 Å². The van der Waals surface area contributed by atoms with Crippen LogP contribution in [0.25, 0.3) is 0 Å². The minimum absolute atomic E-state index is 0.863. The lowest BCUT2D eigenvalue weighted by Crippen LogP contribution is -1.96. The molecule has 9 heavy (non-hydrogen) atoms. The van der Waals surface area contributed by atoms with Crippen molar-refractivity contribution in [2.24, 2.45) is 0 Å². The lowest BCUT2D eigenvalue weighted by atomic mass is 10.3. The molecule has 0 amide bonds. The topological polar surface area (TPSA) is 9.23 Å². The molecule has 0 fully saturated rings. The van der Waals surface area contributed by atoms with Crippen molar-refractivity contribution >= 4 is 9.24 Å². The normalized spacial score (nSPS) is 9.44. The van der Waals surface area contributed by atoms with Gasteiger partial charge in [0.15, 0.2) is 0 Å². The van der Waals surface area contributed by atoms with Gasteiger partial charge in [-0.2, -0.15) is 0 Å². The van der Waals surface area contributed by atoms with Crippen molar-refractivity contribution in [3.8, 4) is 0 Å². The van der Waals surface area contributed by atoms with Crippen LogP contribution in [0.1, 0.15) is 12.8 Å². The summed E-state index contributed by atoms with van der Waals surface area (Å²) in [7, 11) is 2.63. The molecule has 1 atom stereocenters. The van der Waals surface area contributed by atoms with Gasteiger partial charge in [0.25, 0.3) is 0 Å². The van der Waals surface area contributed by atoms with E-state index in [2.05, 4.69) is 15.8 Å². The Balaban J connectivity index is 2.66. The summed E-state index contributed by atoms with van der Waals surface area (Å²) in [6, 6.07) is 0. The lowest BCUT2D eigenvalue weighted by Gasteiger charge is -1.98. The van der Waals surface area contributed by atoms with Crippen LogP contribution in [0.15, 0.2) is 12.7 Å². The molecule has 0 bridgehead atoms. The summed E-state index contributed by atoms with van der Waals surface area (Å²) in [5.74, 6) is 0. The first-order chi connectivity index (χ1) is 4.41. The maximum Gasteiger partial charge on any atom is 0.0500 e. The van der Waals surface area contributed by atoms with Crippen LogP contribution < -0.4 is 0 Å². The highest BCUT2D eigenvalue weighted by molar-refractivity contribution is 7.16. The van der Waals surface area contributed by atoms with Gasteiger partial charge < -0.3 is 4.74 Å². The molecule has 0 aliphatic rings. The summed E-state index contributed by atoms with van der Waals surface area (Å²) >= 11 is 0. The SMILES string of the molecule is C=CCCCOCCP. The molecule has 0 aliphatic carbocycles. The van der Waals surface area contributed by atoms with Crippen LogP contribution in [0.4, 0.5) is 0 Å². The van der Waals surface area contributed by atoms with Crippen LogP contribution in [0.5, 0.6) is 0 Å². The van der Waals surface area contributed by atoms with E-state index in [0.717, 1.165) is 32.2 Å². The van der Waals surface area contributed by atoms with Gasteiger partial charge in [-0.05, 0) is 19.0 Å². The Morgan fingerprint density at radius 2 is 2.22 bits per heavy atom. The van der Waals surface area contributed by atoms with Crippen molar-refractivity contribution in [3.05, 3.63) is 12.7 Å². The Labute approximate surface area is 59.7 Å². The molecule has 0 rings (SSSR count). The van der Waals surface area contributed by atoms with Crippen LogP contribution in [-0.4, -0.2) is 19.4 Å². The smallest absolute Gasteiger partial charge is 0.0500 e. The Hall–Kier alpha value is 0.130. The second kappa shape index (κ2) is 8.13. The molecular formula is C7H15OP. The van der Waals surface area contributed by atoms with E-state index in [1.54, 1.807) is 0 Å². The van der Waals surface area contributed by atoms with Gasteiger partial charge in [0.1, 0.15) is 0 Å². The zero-order valence-electron chi connectivity index (χ0n) is 5.81. The third-order valence-electron chi connectivity index (χ3n) is 0.959. The fourth-order valence-corrected chi connectivity index (χ4v) is 0.682. The van der Waals surface area contributed by atoms with E-state index in [9.17, 15) is 0 Å².